The molecule has 94 valence electrons. The minimum absolute atomic E-state index is 0.00883. The van der Waals surface area contributed by atoms with E-state index in [1.54, 1.807) is 13.0 Å². The second-order valence-corrected chi connectivity index (χ2v) is 6.80. The first-order chi connectivity index (χ1) is 7.74. The zero-order valence-corrected chi connectivity index (χ0v) is 12.8. The Morgan fingerprint density at radius 3 is 2.65 bits per heavy atom. The van der Waals surface area contributed by atoms with E-state index >= 15 is 0 Å². The lowest BCUT2D eigenvalue weighted by atomic mass is 10.4. The molecule has 0 amide bonds. The van der Waals surface area contributed by atoms with Gasteiger partial charge in [0.05, 0.1) is 16.1 Å². The maximum absolute atomic E-state index is 12.0. The minimum Gasteiger partial charge on any atom is -0.392 e. The number of sulfonamides is 1. The number of hydrogen-bond donors (Lipinski definition) is 2. The molecule has 0 bridgehead atoms. The second kappa shape index (κ2) is 5.62. The van der Waals surface area contributed by atoms with Crippen LogP contribution in [-0.4, -0.2) is 19.4 Å². The number of nitrogens with two attached hydrogens (primary N) is 1. The van der Waals surface area contributed by atoms with Crippen molar-refractivity contribution in [1.29, 1.82) is 0 Å². The van der Waals surface area contributed by atoms with Gasteiger partial charge in [-0.1, -0.05) is 39.7 Å². The van der Waals surface area contributed by atoms with Crippen LogP contribution in [0.15, 0.2) is 27.6 Å². The van der Waals surface area contributed by atoms with Gasteiger partial charge in [0, 0.05) is 4.47 Å². The van der Waals surface area contributed by atoms with Crippen LogP contribution in [-0.2, 0) is 10.0 Å². The Morgan fingerprint density at radius 1 is 1.59 bits per heavy atom. The van der Waals surface area contributed by atoms with Crippen LogP contribution in [0.4, 0.5) is 0 Å². The van der Waals surface area contributed by atoms with Gasteiger partial charge in [0.1, 0.15) is 4.90 Å². The Kier molecular flexibility index (Phi) is 4.91. The fourth-order valence-corrected chi connectivity index (χ4v) is 3.44. The Bertz CT molecular complexity index is 548. The first kappa shape index (κ1) is 14.8. The molecule has 0 saturated carbocycles. The lowest BCUT2D eigenvalue weighted by Gasteiger charge is -2.13. The van der Waals surface area contributed by atoms with E-state index in [0.29, 0.717) is 4.47 Å². The number of rotatable bonds is 4. The van der Waals surface area contributed by atoms with Crippen LogP contribution in [0.3, 0.4) is 0 Å². The van der Waals surface area contributed by atoms with Crippen molar-refractivity contribution in [2.75, 3.05) is 0 Å². The highest BCUT2D eigenvalue weighted by Crippen LogP contribution is 2.25. The maximum Gasteiger partial charge on any atom is 0.242 e. The van der Waals surface area contributed by atoms with Crippen molar-refractivity contribution in [2.24, 2.45) is 5.73 Å². The zero-order valence-electron chi connectivity index (χ0n) is 8.78. The van der Waals surface area contributed by atoms with E-state index in [1.165, 1.54) is 12.1 Å². The molecule has 0 saturated heterocycles. The standard InChI is InChI=1S/C9H10BrClN2O2S2/c1-5(9(12)16)13-17(14,15)8-3-2-6(10)4-7(8)11/h2-5,13H,1H3,(H2,12,16). The molecule has 0 spiro atoms. The van der Waals surface area contributed by atoms with Gasteiger partial charge in [0.15, 0.2) is 0 Å². The molecule has 3 N–H and O–H groups in total. The molecule has 0 radical (unpaired) electrons. The largest absolute Gasteiger partial charge is 0.392 e. The van der Waals surface area contributed by atoms with Crippen LogP contribution in [0.1, 0.15) is 6.92 Å². The first-order valence-corrected chi connectivity index (χ1v) is 7.57. The van der Waals surface area contributed by atoms with Crippen molar-refractivity contribution >= 4 is 54.8 Å². The van der Waals surface area contributed by atoms with E-state index in [4.69, 9.17) is 29.6 Å². The molecule has 1 aromatic rings. The van der Waals surface area contributed by atoms with Crippen molar-refractivity contribution < 1.29 is 8.42 Å². The molecule has 1 atom stereocenters. The summed E-state index contributed by atoms with van der Waals surface area (Å²) in [7, 11) is -3.72. The third-order valence-corrected chi connectivity index (χ3v) is 4.81. The summed E-state index contributed by atoms with van der Waals surface area (Å²) in [5.74, 6) is 0. The predicted octanol–water partition coefficient (Wildman–Crippen LogP) is 2.06. The molecule has 1 aromatic carbocycles. The number of halogens is 2. The molecule has 8 heteroatoms. The number of benzene rings is 1. The Balaban J connectivity index is 3.10. The Hall–Kier alpha value is -0.210. The summed E-state index contributed by atoms with van der Waals surface area (Å²) in [6.07, 6.45) is 0. The molecule has 1 rings (SSSR count). The Labute approximate surface area is 119 Å². The van der Waals surface area contributed by atoms with Crippen LogP contribution in [0.5, 0.6) is 0 Å². The van der Waals surface area contributed by atoms with Gasteiger partial charge in [0.25, 0.3) is 0 Å². The molecular formula is C9H10BrClN2O2S2. The lowest BCUT2D eigenvalue weighted by molar-refractivity contribution is 0.579. The summed E-state index contributed by atoms with van der Waals surface area (Å²) in [5, 5.41) is 0.127. The topological polar surface area (TPSA) is 72.2 Å². The van der Waals surface area contributed by atoms with E-state index in [-0.39, 0.29) is 14.9 Å². The fraction of sp³-hybridized carbons (Fsp3) is 0.222. The fourth-order valence-electron chi connectivity index (χ4n) is 1.05. The van der Waals surface area contributed by atoms with Crippen molar-refractivity contribution in [3.8, 4) is 0 Å². The van der Waals surface area contributed by atoms with Gasteiger partial charge in [-0.05, 0) is 25.1 Å². The van der Waals surface area contributed by atoms with Crippen LogP contribution in [0, 0.1) is 0 Å². The highest BCUT2D eigenvalue weighted by molar-refractivity contribution is 9.10. The van der Waals surface area contributed by atoms with Crippen molar-refractivity contribution in [3.63, 3.8) is 0 Å². The van der Waals surface area contributed by atoms with E-state index in [1.807, 2.05) is 0 Å². The summed E-state index contributed by atoms with van der Waals surface area (Å²) in [6, 6.07) is 3.86. The van der Waals surface area contributed by atoms with Gasteiger partial charge in [-0.3, -0.25) is 0 Å². The van der Waals surface area contributed by atoms with Crippen LogP contribution >= 0.6 is 39.7 Å². The second-order valence-electron chi connectivity index (χ2n) is 3.32. The number of nitrogens with one attached hydrogen (secondary N) is 1. The third-order valence-electron chi connectivity index (χ3n) is 1.94. The van der Waals surface area contributed by atoms with Crippen LogP contribution in [0.2, 0.25) is 5.02 Å². The van der Waals surface area contributed by atoms with Gasteiger partial charge in [-0.25, -0.2) is 13.1 Å². The summed E-state index contributed by atoms with van der Waals surface area (Å²) in [6.45, 7) is 1.56. The van der Waals surface area contributed by atoms with Crippen molar-refractivity contribution in [1.82, 2.24) is 4.72 Å². The number of thiocarbonyl (C=S) groups is 1. The molecule has 17 heavy (non-hydrogen) atoms. The molecule has 0 aromatic heterocycles. The monoisotopic (exact) mass is 356 g/mol. The molecule has 0 aliphatic carbocycles. The van der Waals surface area contributed by atoms with Crippen LogP contribution in [0.25, 0.3) is 0 Å². The van der Waals surface area contributed by atoms with E-state index in [9.17, 15) is 8.42 Å². The minimum atomic E-state index is -3.72. The normalized spacial score (nSPS) is 13.4. The molecule has 0 aliphatic rings. The molecule has 0 heterocycles. The molecule has 0 aliphatic heterocycles. The summed E-state index contributed by atoms with van der Waals surface area (Å²) in [5.41, 5.74) is 5.35. The Morgan fingerprint density at radius 2 is 2.18 bits per heavy atom. The van der Waals surface area contributed by atoms with Gasteiger partial charge in [-0.2, -0.15) is 0 Å². The van der Waals surface area contributed by atoms with E-state index in [2.05, 4.69) is 20.7 Å². The lowest BCUT2D eigenvalue weighted by Crippen LogP contribution is -2.41. The summed E-state index contributed by atoms with van der Waals surface area (Å²) >= 11 is 13.8. The third kappa shape index (κ3) is 3.89. The average Bonchev–Trinajstić information content (AvgIpc) is 2.15. The van der Waals surface area contributed by atoms with E-state index < -0.39 is 16.1 Å². The molecular weight excluding hydrogens is 348 g/mol. The predicted molar refractivity (Wildman–Crippen MR) is 75.7 cm³/mol. The SMILES string of the molecule is CC(NS(=O)(=O)c1ccc(Br)cc1Cl)C(N)=S. The quantitative estimate of drug-likeness (QED) is 0.809. The van der Waals surface area contributed by atoms with Gasteiger partial charge in [-0.15, -0.1) is 0 Å². The smallest absolute Gasteiger partial charge is 0.242 e. The van der Waals surface area contributed by atoms with Crippen molar-refractivity contribution in [3.05, 3.63) is 27.7 Å². The molecule has 0 fully saturated rings. The van der Waals surface area contributed by atoms with Gasteiger partial charge in [0.2, 0.25) is 10.0 Å². The first-order valence-electron chi connectivity index (χ1n) is 4.51. The van der Waals surface area contributed by atoms with E-state index in [0.717, 1.165) is 0 Å². The highest BCUT2D eigenvalue weighted by Gasteiger charge is 2.21. The summed E-state index contributed by atoms with van der Waals surface area (Å²) in [4.78, 5) is 0.0623. The average molecular weight is 358 g/mol. The van der Waals surface area contributed by atoms with Crippen LogP contribution < -0.4 is 10.5 Å². The van der Waals surface area contributed by atoms with Gasteiger partial charge >= 0.3 is 0 Å². The molecule has 1 unspecified atom stereocenters. The number of hydrogen-bond acceptors (Lipinski definition) is 3. The molecule has 4 nitrogen and oxygen atoms in total. The van der Waals surface area contributed by atoms with Gasteiger partial charge < -0.3 is 5.73 Å². The van der Waals surface area contributed by atoms with Crippen molar-refractivity contribution in [2.45, 2.75) is 17.9 Å². The zero-order chi connectivity index (χ0) is 13.2. The summed E-state index contributed by atoms with van der Waals surface area (Å²) < 4.78 is 26.9. The maximum atomic E-state index is 12.0. The highest BCUT2D eigenvalue weighted by atomic mass is 79.9.